The van der Waals surface area contributed by atoms with Gasteiger partial charge in [0.1, 0.15) is 5.82 Å². The zero-order chi connectivity index (χ0) is 12.7. The van der Waals surface area contributed by atoms with Crippen LogP contribution in [0, 0.1) is 0 Å². The molecule has 3 rings (SSSR count). The molecule has 1 aliphatic heterocycles. The second-order valence-corrected chi connectivity index (χ2v) is 5.02. The van der Waals surface area contributed by atoms with Crippen molar-refractivity contribution in [2.45, 2.75) is 11.7 Å². The fraction of sp³-hybridized carbons (Fsp3) is 0.250. The number of hydrogen-bond donors (Lipinski definition) is 2. The molecular formula is C12H12N4OS. The molecule has 0 spiro atoms. The van der Waals surface area contributed by atoms with E-state index < -0.39 is 0 Å². The van der Waals surface area contributed by atoms with E-state index in [1.165, 1.54) is 0 Å². The standard InChI is InChI=1S/C12H12N4OS/c13-11-8-3-1-2-4-9(8)14-12(15-11)16-6-7(18)5-10(16)17/h1-4,7,18H,5-6H2,(H2,13,14,15). The summed E-state index contributed by atoms with van der Waals surface area (Å²) < 4.78 is 0. The van der Waals surface area contributed by atoms with Crippen LogP contribution in [-0.4, -0.2) is 27.7 Å². The summed E-state index contributed by atoms with van der Waals surface area (Å²) in [6.45, 7) is 0.528. The fourth-order valence-corrected chi connectivity index (χ4v) is 2.41. The lowest BCUT2D eigenvalue weighted by molar-refractivity contribution is -0.117. The molecule has 2 heterocycles. The average Bonchev–Trinajstić information content (AvgIpc) is 2.68. The minimum atomic E-state index is -0.00955. The van der Waals surface area contributed by atoms with Crippen molar-refractivity contribution in [3.63, 3.8) is 0 Å². The molecular weight excluding hydrogens is 248 g/mol. The second-order valence-electron chi connectivity index (χ2n) is 4.29. The van der Waals surface area contributed by atoms with Crippen molar-refractivity contribution in [2.75, 3.05) is 17.2 Å². The van der Waals surface area contributed by atoms with Crippen LogP contribution in [-0.2, 0) is 4.79 Å². The molecule has 92 valence electrons. The summed E-state index contributed by atoms with van der Waals surface area (Å²) in [5.74, 6) is 0.753. The number of carbonyl (C=O) groups excluding carboxylic acids is 1. The monoisotopic (exact) mass is 260 g/mol. The third-order valence-corrected chi connectivity index (χ3v) is 3.31. The Balaban J connectivity index is 2.10. The first kappa shape index (κ1) is 11.3. The first-order valence-corrected chi connectivity index (χ1v) is 6.17. The van der Waals surface area contributed by atoms with Crippen LogP contribution >= 0.6 is 12.6 Å². The van der Waals surface area contributed by atoms with Crippen molar-refractivity contribution in [3.8, 4) is 0 Å². The second kappa shape index (κ2) is 4.13. The largest absolute Gasteiger partial charge is 0.383 e. The molecule has 18 heavy (non-hydrogen) atoms. The molecule has 6 heteroatoms. The summed E-state index contributed by atoms with van der Waals surface area (Å²) in [6, 6.07) is 7.48. The van der Waals surface area contributed by atoms with Gasteiger partial charge in [-0.05, 0) is 12.1 Å². The minimum absolute atomic E-state index is 0.00955. The van der Waals surface area contributed by atoms with E-state index in [0.29, 0.717) is 24.7 Å². The van der Waals surface area contributed by atoms with Gasteiger partial charge in [0, 0.05) is 23.6 Å². The van der Waals surface area contributed by atoms with Gasteiger partial charge in [-0.1, -0.05) is 12.1 Å². The van der Waals surface area contributed by atoms with E-state index in [0.717, 1.165) is 10.9 Å². The number of nitrogen functional groups attached to an aromatic ring is 1. The smallest absolute Gasteiger partial charge is 0.234 e. The third kappa shape index (κ3) is 1.78. The zero-order valence-electron chi connectivity index (χ0n) is 9.58. The molecule has 5 nitrogen and oxygen atoms in total. The highest BCUT2D eigenvalue weighted by atomic mass is 32.1. The molecule has 0 radical (unpaired) electrons. The van der Waals surface area contributed by atoms with Crippen molar-refractivity contribution in [1.82, 2.24) is 9.97 Å². The third-order valence-electron chi connectivity index (χ3n) is 2.97. The Labute approximate surface area is 109 Å². The quantitative estimate of drug-likeness (QED) is 0.757. The van der Waals surface area contributed by atoms with Gasteiger partial charge in [-0.15, -0.1) is 0 Å². The van der Waals surface area contributed by atoms with Crippen LogP contribution in [0.2, 0.25) is 0 Å². The van der Waals surface area contributed by atoms with E-state index >= 15 is 0 Å². The zero-order valence-corrected chi connectivity index (χ0v) is 10.5. The maximum atomic E-state index is 11.8. The molecule has 0 saturated carbocycles. The van der Waals surface area contributed by atoms with Crippen LogP contribution < -0.4 is 10.6 Å². The van der Waals surface area contributed by atoms with E-state index in [2.05, 4.69) is 22.6 Å². The van der Waals surface area contributed by atoms with E-state index in [1.54, 1.807) is 4.90 Å². The summed E-state index contributed by atoms with van der Waals surface area (Å²) in [4.78, 5) is 21.9. The van der Waals surface area contributed by atoms with E-state index in [1.807, 2.05) is 24.3 Å². The van der Waals surface area contributed by atoms with Gasteiger partial charge in [0.2, 0.25) is 11.9 Å². The van der Waals surface area contributed by atoms with Gasteiger partial charge in [-0.3, -0.25) is 9.69 Å². The Bertz CT molecular complexity index is 631. The number of rotatable bonds is 1. The number of benzene rings is 1. The van der Waals surface area contributed by atoms with Crippen LogP contribution in [0.1, 0.15) is 6.42 Å². The summed E-state index contributed by atoms with van der Waals surface area (Å²) in [5, 5.41) is 0.837. The molecule has 2 aromatic rings. The highest BCUT2D eigenvalue weighted by Gasteiger charge is 2.30. The molecule has 1 aromatic heterocycles. The predicted octanol–water partition coefficient (Wildman–Crippen LogP) is 1.25. The van der Waals surface area contributed by atoms with Crippen LogP contribution in [0.4, 0.5) is 11.8 Å². The van der Waals surface area contributed by atoms with Gasteiger partial charge in [0.15, 0.2) is 0 Å². The van der Waals surface area contributed by atoms with Gasteiger partial charge in [0.05, 0.1) is 5.52 Å². The number of para-hydroxylation sites is 1. The Hall–Kier alpha value is -1.82. The lowest BCUT2D eigenvalue weighted by atomic mass is 10.2. The number of anilines is 2. The number of hydrogen-bond acceptors (Lipinski definition) is 5. The van der Waals surface area contributed by atoms with Crippen molar-refractivity contribution in [3.05, 3.63) is 24.3 Å². The summed E-state index contributed by atoms with van der Waals surface area (Å²) in [7, 11) is 0. The molecule has 1 unspecified atom stereocenters. The maximum Gasteiger partial charge on any atom is 0.234 e. The number of fused-ring (bicyclic) bond motifs is 1. The van der Waals surface area contributed by atoms with Gasteiger partial charge >= 0.3 is 0 Å². The highest BCUT2D eigenvalue weighted by molar-refractivity contribution is 7.81. The molecule has 1 aliphatic rings. The molecule has 1 fully saturated rings. The summed E-state index contributed by atoms with van der Waals surface area (Å²) in [5.41, 5.74) is 6.64. The molecule has 0 aliphatic carbocycles. The molecule has 1 saturated heterocycles. The van der Waals surface area contributed by atoms with Gasteiger partial charge in [-0.25, -0.2) is 4.98 Å². The lowest BCUT2D eigenvalue weighted by Crippen LogP contribution is -2.27. The summed E-state index contributed by atoms with van der Waals surface area (Å²) >= 11 is 4.31. The van der Waals surface area contributed by atoms with Gasteiger partial charge in [0.25, 0.3) is 0 Å². The van der Waals surface area contributed by atoms with E-state index in [9.17, 15) is 4.79 Å². The Morgan fingerprint density at radius 2 is 2.11 bits per heavy atom. The molecule has 1 atom stereocenters. The molecule has 0 bridgehead atoms. The first-order chi connectivity index (χ1) is 8.65. The average molecular weight is 260 g/mol. The number of nitrogens with two attached hydrogens (primary N) is 1. The van der Waals surface area contributed by atoms with Crippen molar-refractivity contribution in [2.24, 2.45) is 0 Å². The van der Waals surface area contributed by atoms with Crippen LogP contribution in [0.3, 0.4) is 0 Å². The van der Waals surface area contributed by atoms with Crippen LogP contribution in [0.5, 0.6) is 0 Å². The van der Waals surface area contributed by atoms with Crippen LogP contribution in [0.15, 0.2) is 24.3 Å². The maximum absolute atomic E-state index is 11.8. The highest BCUT2D eigenvalue weighted by Crippen LogP contribution is 2.25. The minimum Gasteiger partial charge on any atom is -0.383 e. The van der Waals surface area contributed by atoms with Gasteiger partial charge < -0.3 is 5.73 Å². The Kier molecular flexibility index (Phi) is 2.59. The molecule has 1 aromatic carbocycles. The molecule has 1 amide bonds. The fourth-order valence-electron chi connectivity index (χ4n) is 2.09. The number of thiol groups is 1. The summed E-state index contributed by atoms with van der Waals surface area (Å²) in [6.07, 6.45) is 0.416. The Morgan fingerprint density at radius 1 is 1.33 bits per heavy atom. The first-order valence-electron chi connectivity index (χ1n) is 5.66. The number of aromatic nitrogens is 2. The van der Waals surface area contributed by atoms with Crippen molar-refractivity contribution < 1.29 is 4.79 Å². The lowest BCUT2D eigenvalue weighted by Gasteiger charge is -2.14. The van der Waals surface area contributed by atoms with Crippen molar-refractivity contribution in [1.29, 1.82) is 0 Å². The SMILES string of the molecule is Nc1nc(N2CC(S)CC2=O)nc2ccccc12. The van der Waals surface area contributed by atoms with E-state index in [-0.39, 0.29) is 11.2 Å². The van der Waals surface area contributed by atoms with Crippen LogP contribution in [0.25, 0.3) is 10.9 Å². The topological polar surface area (TPSA) is 72.1 Å². The predicted molar refractivity (Wildman–Crippen MR) is 73.7 cm³/mol. The van der Waals surface area contributed by atoms with E-state index in [4.69, 9.17) is 5.73 Å². The van der Waals surface area contributed by atoms with Gasteiger partial charge in [-0.2, -0.15) is 17.6 Å². The Morgan fingerprint density at radius 3 is 2.83 bits per heavy atom. The number of carbonyl (C=O) groups is 1. The normalized spacial score (nSPS) is 19.7. The van der Waals surface area contributed by atoms with Crippen molar-refractivity contribution >= 4 is 41.2 Å². The molecule has 2 N–H and O–H groups in total. The number of nitrogens with zero attached hydrogens (tertiary/aromatic N) is 3. The number of amides is 1.